The Morgan fingerprint density at radius 3 is 2.91 bits per heavy atom. The van der Waals surface area contributed by atoms with Crippen LogP contribution in [0.5, 0.6) is 0 Å². The molecule has 1 rings (SSSR count). The van der Waals surface area contributed by atoms with Crippen molar-refractivity contribution in [3.63, 3.8) is 0 Å². The van der Waals surface area contributed by atoms with Crippen molar-refractivity contribution in [2.24, 2.45) is 10.9 Å². The number of hydrazone groups is 1. The Morgan fingerprint density at radius 2 is 2.45 bits per heavy atom. The van der Waals surface area contributed by atoms with Crippen molar-refractivity contribution in [2.45, 2.75) is 26.3 Å². The SMILES string of the molecule is CC[C@@H]1CS/C(=N\N)N1CC. The van der Waals surface area contributed by atoms with E-state index in [-0.39, 0.29) is 0 Å². The summed E-state index contributed by atoms with van der Waals surface area (Å²) < 4.78 is 0. The first kappa shape index (κ1) is 8.71. The van der Waals surface area contributed by atoms with Gasteiger partial charge in [-0.05, 0) is 13.3 Å². The molecule has 1 aliphatic rings. The standard InChI is InChI=1S/C7H15N3S/c1-3-6-5-11-7(9-8)10(6)4-2/h6H,3-5,8H2,1-2H3/b9-7-/t6-/m1/s1. The molecule has 0 spiro atoms. The monoisotopic (exact) mass is 173 g/mol. The minimum absolute atomic E-state index is 0.646. The molecule has 0 aromatic heterocycles. The molecule has 4 heteroatoms. The van der Waals surface area contributed by atoms with E-state index in [1.165, 1.54) is 6.42 Å². The average Bonchev–Trinajstić information content (AvgIpc) is 2.45. The Bertz CT molecular complexity index is 158. The zero-order chi connectivity index (χ0) is 8.27. The third kappa shape index (κ3) is 1.61. The Labute approximate surface area is 72.0 Å². The number of nitrogens with two attached hydrogens (primary N) is 1. The van der Waals surface area contributed by atoms with Crippen molar-refractivity contribution >= 4 is 16.9 Å². The van der Waals surface area contributed by atoms with Crippen LogP contribution in [0.15, 0.2) is 5.10 Å². The number of hydrogen-bond donors (Lipinski definition) is 1. The molecule has 64 valence electrons. The second-order valence-electron chi connectivity index (χ2n) is 2.57. The van der Waals surface area contributed by atoms with Crippen LogP contribution in [0, 0.1) is 0 Å². The van der Waals surface area contributed by atoms with Crippen LogP contribution >= 0.6 is 11.8 Å². The smallest absolute Gasteiger partial charge is 0.183 e. The summed E-state index contributed by atoms with van der Waals surface area (Å²) in [7, 11) is 0. The highest BCUT2D eigenvalue weighted by Gasteiger charge is 2.26. The first-order valence-corrected chi connectivity index (χ1v) is 4.99. The molecule has 2 N–H and O–H groups in total. The molecular formula is C7H15N3S. The van der Waals surface area contributed by atoms with Gasteiger partial charge in [-0.15, -0.1) is 0 Å². The summed E-state index contributed by atoms with van der Waals surface area (Å²) in [4.78, 5) is 2.27. The minimum Gasteiger partial charge on any atom is -0.346 e. The number of amidine groups is 1. The lowest BCUT2D eigenvalue weighted by Gasteiger charge is -2.22. The van der Waals surface area contributed by atoms with Gasteiger partial charge >= 0.3 is 0 Å². The normalized spacial score (nSPS) is 28.4. The Morgan fingerprint density at radius 1 is 1.73 bits per heavy atom. The summed E-state index contributed by atoms with van der Waals surface area (Å²) >= 11 is 1.76. The van der Waals surface area contributed by atoms with Crippen molar-refractivity contribution in [3.8, 4) is 0 Å². The molecule has 0 saturated carbocycles. The van der Waals surface area contributed by atoms with E-state index < -0.39 is 0 Å². The van der Waals surface area contributed by atoms with Crippen LogP contribution in [-0.2, 0) is 0 Å². The van der Waals surface area contributed by atoms with Gasteiger partial charge in [0.1, 0.15) is 0 Å². The largest absolute Gasteiger partial charge is 0.346 e. The van der Waals surface area contributed by atoms with E-state index in [4.69, 9.17) is 5.84 Å². The molecule has 3 nitrogen and oxygen atoms in total. The summed E-state index contributed by atoms with van der Waals surface area (Å²) in [5.41, 5.74) is 0. The zero-order valence-corrected chi connectivity index (χ0v) is 7.90. The maximum Gasteiger partial charge on any atom is 0.183 e. The van der Waals surface area contributed by atoms with Gasteiger partial charge in [0, 0.05) is 18.3 Å². The summed E-state index contributed by atoms with van der Waals surface area (Å²) in [5.74, 6) is 6.38. The Kier molecular flexibility index (Phi) is 3.05. The molecule has 0 radical (unpaired) electrons. The van der Waals surface area contributed by atoms with Crippen molar-refractivity contribution in [2.75, 3.05) is 12.3 Å². The van der Waals surface area contributed by atoms with Crippen LogP contribution in [0.1, 0.15) is 20.3 Å². The topological polar surface area (TPSA) is 41.6 Å². The number of hydrogen-bond acceptors (Lipinski definition) is 3. The van der Waals surface area contributed by atoms with Crippen LogP contribution in [0.25, 0.3) is 0 Å². The molecule has 0 aliphatic carbocycles. The third-order valence-electron chi connectivity index (χ3n) is 2.01. The molecule has 0 amide bonds. The van der Waals surface area contributed by atoms with E-state index >= 15 is 0 Å². The molecular weight excluding hydrogens is 158 g/mol. The van der Waals surface area contributed by atoms with E-state index in [9.17, 15) is 0 Å². The Balaban J connectivity index is 2.62. The summed E-state index contributed by atoms with van der Waals surface area (Å²) in [6.07, 6.45) is 1.18. The van der Waals surface area contributed by atoms with Gasteiger partial charge < -0.3 is 10.7 Å². The second kappa shape index (κ2) is 3.85. The molecule has 1 fully saturated rings. The van der Waals surface area contributed by atoms with Gasteiger partial charge in [0.25, 0.3) is 0 Å². The van der Waals surface area contributed by atoms with Crippen molar-refractivity contribution in [1.82, 2.24) is 4.90 Å². The average molecular weight is 173 g/mol. The second-order valence-corrected chi connectivity index (χ2v) is 3.56. The highest BCUT2D eigenvalue weighted by Crippen LogP contribution is 2.24. The number of rotatable bonds is 2. The lowest BCUT2D eigenvalue weighted by atomic mass is 10.2. The van der Waals surface area contributed by atoms with Gasteiger partial charge in [-0.2, -0.15) is 5.10 Å². The molecule has 0 unspecified atom stereocenters. The molecule has 0 aromatic carbocycles. The van der Waals surface area contributed by atoms with Gasteiger partial charge in [-0.3, -0.25) is 0 Å². The zero-order valence-electron chi connectivity index (χ0n) is 7.08. The molecule has 1 atom stereocenters. The van der Waals surface area contributed by atoms with Crippen LogP contribution in [0.2, 0.25) is 0 Å². The molecule has 1 aliphatic heterocycles. The van der Waals surface area contributed by atoms with Crippen molar-refractivity contribution < 1.29 is 0 Å². The molecule has 1 heterocycles. The third-order valence-corrected chi connectivity index (χ3v) is 3.16. The predicted molar refractivity (Wildman–Crippen MR) is 50.5 cm³/mol. The van der Waals surface area contributed by atoms with Gasteiger partial charge in [-0.1, -0.05) is 18.7 Å². The van der Waals surface area contributed by atoms with Crippen LogP contribution in [0.3, 0.4) is 0 Å². The fourth-order valence-electron chi connectivity index (χ4n) is 1.34. The highest BCUT2D eigenvalue weighted by molar-refractivity contribution is 8.14. The summed E-state index contributed by atoms with van der Waals surface area (Å²) in [6.45, 7) is 5.36. The predicted octanol–water partition coefficient (Wildman–Crippen LogP) is 1.06. The minimum atomic E-state index is 0.646. The van der Waals surface area contributed by atoms with Gasteiger partial charge in [-0.25, -0.2) is 0 Å². The highest BCUT2D eigenvalue weighted by atomic mass is 32.2. The molecule has 1 saturated heterocycles. The molecule has 0 bridgehead atoms. The van der Waals surface area contributed by atoms with Gasteiger partial charge in [0.05, 0.1) is 0 Å². The van der Waals surface area contributed by atoms with Crippen LogP contribution < -0.4 is 5.84 Å². The van der Waals surface area contributed by atoms with Crippen LogP contribution in [-0.4, -0.2) is 28.4 Å². The van der Waals surface area contributed by atoms with Crippen LogP contribution in [0.4, 0.5) is 0 Å². The number of thioether (sulfide) groups is 1. The first-order chi connectivity index (χ1) is 5.33. The van der Waals surface area contributed by atoms with Gasteiger partial charge in [0.15, 0.2) is 5.17 Å². The fraction of sp³-hybridized carbons (Fsp3) is 0.857. The van der Waals surface area contributed by atoms with E-state index in [2.05, 4.69) is 23.8 Å². The maximum absolute atomic E-state index is 5.24. The van der Waals surface area contributed by atoms with Gasteiger partial charge in [0.2, 0.25) is 0 Å². The summed E-state index contributed by atoms with van der Waals surface area (Å²) in [5, 5.41) is 4.74. The first-order valence-electron chi connectivity index (χ1n) is 4.00. The molecule has 0 aromatic rings. The maximum atomic E-state index is 5.24. The quantitative estimate of drug-likeness (QED) is 0.501. The van der Waals surface area contributed by atoms with E-state index in [0.29, 0.717) is 6.04 Å². The lowest BCUT2D eigenvalue weighted by Crippen LogP contribution is -2.33. The summed E-state index contributed by atoms with van der Waals surface area (Å²) in [6, 6.07) is 0.646. The van der Waals surface area contributed by atoms with Crippen molar-refractivity contribution in [3.05, 3.63) is 0 Å². The van der Waals surface area contributed by atoms with E-state index in [0.717, 1.165) is 17.5 Å². The Hall–Kier alpha value is -0.380. The van der Waals surface area contributed by atoms with E-state index in [1.54, 1.807) is 11.8 Å². The fourth-order valence-corrected chi connectivity index (χ4v) is 2.62. The molecule has 11 heavy (non-hydrogen) atoms. The lowest BCUT2D eigenvalue weighted by molar-refractivity contribution is 0.357. The van der Waals surface area contributed by atoms with E-state index in [1.807, 2.05) is 0 Å². The number of nitrogens with zero attached hydrogens (tertiary/aromatic N) is 2. The van der Waals surface area contributed by atoms with Crippen molar-refractivity contribution in [1.29, 1.82) is 0 Å².